The molecule has 0 saturated carbocycles. The summed E-state index contributed by atoms with van der Waals surface area (Å²) in [5, 5.41) is 9.32. The number of fused-ring (bicyclic) bond motifs is 1. The molecule has 2 fully saturated rings. The molecule has 32 heavy (non-hydrogen) atoms. The van der Waals surface area contributed by atoms with E-state index in [0.717, 1.165) is 17.7 Å². The number of piperazine rings is 1. The number of carbonyl (C=O) groups excluding carboxylic acids is 2. The highest BCUT2D eigenvalue weighted by atomic mass is 19.1. The van der Waals surface area contributed by atoms with E-state index in [1.807, 2.05) is 0 Å². The Labute approximate surface area is 186 Å². The Kier molecular flexibility index (Phi) is 7.12. The van der Waals surface area contributed by atoms with Crippen molar-refractivity contribution in [3.63, 3.8) is 0 Å². The molecular weight excluding hydrogens is 414 g/mol. The van der Waals surface area contributed by atoms with Crippen LogP contribution in [-0.2, 0) is 22.7 Å². The fourth-order valence-corrected chi connectivity index (χ4v) is 4.45. The zero-order chi connectivity index (χ0) is 22.5. The maximum Gasteiger partial charge on any atom is 0.237 e. The molecule has 0 aliphatic carbocycles. The van der Waals surface area contributed by atoms with E-state index in [0.29, 0.717) is 38.9 Å². The van der Waals surface area contributed by atoms with Crippen LogP contribution in [0.1, 0.15) is 30.4 Å². The van der Waals surface area contributed by atoms with E-state index in [2.05, 4.69) is 20.9 Å². The summed E-state index contributed by atoms with van der Waals surface area (Å²) in [6.45, 7) is 2.25. The van der Waals surface area contributed by atoms with Crippen LogP contribution >= 0.6 is 0 Å². The molecule has 0 bridgehead atoms. The molecular formula is C24H28F2N4O2. The second-order valence-corrected chi connectivity index (χ2v) is 8.49. The van der Waals surface area contributed by atoms with E-state index in [9.17, 15) is 18.4 Å². The van der Waals surface area contributed by atoms with Crippen molar-refractivity contribution in [1.29, 1.82) is 0 Å². The lowest BCUT2D eigenvalue weighted by Gasteiger charge is -2.37. The average molecular weight is 443 g/mol. The molecule has 0 radical (unpaired) electrons. The molecule has 2 heterocycles. The number of halogens is 2. The monoisotopic (exact) mass is 442 g/mol. The third-order valence-electron chi connectivity index (χ3n) is 6.24. The van der Waals surface area contributed by atoms with Gasteiger partial charge >= 0.3 is 0 Å². The lowest BCUT2D eigenvalue weighted by Crippen LogP contribution is -2.58. The highest BCUT2D eigenvalue weighted by Crippen LogP contribution is 2.26. The maximum absolute atomic E-state index is 13.1. The quantitative estimate of drug-likeness (QED) is 0.586. The predicted molar refractivity (Wildman–Crippen MR) is 116 cm³/mol. The van der Waals surface area contributed by atoms with Gasteiger partial charge in [0.1, 0.15) is 11.6 Å². The predicted octanol–water partition coefficient (Wildman–Crippen LogP) is 2.09. The maximum atomic E-state index is 13.1. The highest BCUT2D eigenvalue weighted by molar-refractivity contribution is 5.83. The summed E-state index contributed by atoms with van der Waals surface area (Å²) in [5.74, 6) is -0.584. The largest absolute Gasteiger partial charge is 0.353 e. The Morgan fingerprint density at radius 1 is 1.00 bits per heavy atom. The number of benzene rings is 2. The zero-order valence-electron chi connectivity index (χ0n) is 17.8. The Hall–Kier alpha value is -2.84. The summed E-state index contributed by atoms with van der Waals surface area (Å²) < 4.78 is 26.1. The summed E-state index contributed by atoms with van der Waals surface area (Å²) in [6.07, 6.45) is 1.72. The number of nitrogens with one attached hydrogen (secondary N) is 3. The number of hydrogen-bond acceptors (Lipinski definition) is 4. The average Bonchev–Trinajstić information content (AvgIpc) is 3.23. The van der Waals surface area contributed by atoms with Crippen LogP contribution < -0.4 is 16.0 Å². The Morgan fingerprint density at radius 3 is 2.28 bits per heavy atom. The third kappa shape index (κ3) is 5.69. The topological polar surface area (TPSA) is 73.5 Å². The smallest absolute Gasteiger partial charge is 0.237 e. The SMILES string of the molecule is O=C(CC[C@@H]1CNC(=O)[C@H]2C[C@@H](NCc3ccc(F)cc3)CN12)NCc1ccc(F)cc1. The van der Waals surface area contributed by atoms with Gasteiger partial charge in [-0.15, -0.1) is 0 Å². The van der Waals surface area contributed by atoms with Gasteiger partial charge in [-0.1, -0.05) is 24.3 Å². The van der Waals surface area contributed by atoms with Gasteiger partial charge in [-0.25, -0.2) is 8.78 Å². The fourth-order valence-electron chi connectivity index (χ4n) is 4.45. The van der Waals surface area contributed by atoms with Crippen molar-refractivity contribution in [1.82, 2.24) is 20.9 Å². The molecule has 2 aliphatic rings. The van der Waals surface area contributed by atoms with Gasteiger partial charge in [-0.3, -0.25) is 14.5 Å². The Morgan fingerprint density at radius 2 is 1.62 bits per heavy atom. The molecule has 2 amide bonds. The molecule has 0 spiro atoms. The van der Waals surface area contributed by atoms with E-state index in [4.69, 9.17) is 0 Å². The van der Waals surface area contributed by atoms with Gasteiger partial charge in [-0.2, -0.15) is 0 Å². The summed E-state index contributed by atoms with van der Waals surface area (Å²) in [6, 6.07) is 12.5. The summed E-state index contributed by atoms with van der Waals surface area (Å²) in [4.78, 5) is 26.9. The van der Waals surface area contributed by atoms with Crippen LogP contribution in [0.25, 0.3) is 0 Å². The van der Waals surface area contributed by atoms with Crippen molar-refractivity contribution in [3.8, 4) is 0 Å². The minimum absolute atomic E-state index is 0.0353. The van der Waals surface area contributed by atoms with Gasteiger partial charge in [0.05, 0.1) is 6.04 Å². The van der Waals surface area contributed by atoms with Crippen molar-refractivity contribution in [2.75, 3.05) is 13.1 Å². The van der Waals surface area contributed by atoms with Gasteiger partial charge in [0.15, 0.2) is 0 Å². The second-order valence-electron chi connectivity index (χ2n) is 8.49. The molecule has 2 saturated heterocycles. The van der Waals surface area contributed by atoms with Gasteiger partial charge in [0.25, 0.3) is 0 Å². The van der Waals surface area contributed by atoms with E-state index >= 15 is 0 Å². The van der Waals surface area contributed by atoms with Crippen molar-refractivity contribution >= 4 is 11.8 Å². The lowest BCUT2D eigenvalue weighted by atomic mass is 10.0. The molecule has 2 aliphatic heterocycles. The molecule has 3 N–H and O–H groups in total. The minimum Gasteiger partial charge on any atom is -0.353 e. The van der Waals surface area contributed by atoms with Crippen LogP contribution in [0.5, 0.6) is 0 Å². The molecule has 6 nitrogen and oxygen atoms in total. The summed E-state index contributed by atoms with van der Waals surface area (Å²) in [7, 11) is 0. The summed E-state index contributed by atoms with van der Waals surface area (Å²) in [5.41, 5.74) is 1.84. The number of nitrogens with zero attached hydrogens (tertiary/aromatic N) is 1. The van der Waals surface area contributed by atoms with Crippen molar-refractivity contribution in [3.05, 3.63) is 71.3 Å². The molecule has 8 heteroatoms. The molecule has 2 aromatic rings. The standard InChI is InChI=1S/C24H28F2N4O2/c25-18-5-1-16(2-6-18)12-27-20-11-22-24(32)29-14-21(30(22)15-20)9-10-23(31)28-13-17-3-7-19(26)8-4-17/h1-8,20-22,27H,9-15H2,(H,28,31)(H,29,32)/t20-,21-,22-/m1/s1. The molecule has 4 rings (SSSR count). The summed E-state index contributed by atoms with van der Waals surface area (Å²) >= 11 is 0. The fraction of sp³-hybridized carbons (Fsp3) is 0.417. The number of amides is 2. The first-order chi connectivity index (χ1) is 15.5. The van der Waals surface area contributed by atoms with Crippen molar-refractivity contribution in [2.45, 2.75) is 50.5 Å². The van der Waals surface area contributed by atoms with E-state index in [1.54, 1.807) is 24.3 Å². The van der Waals surface area contributed by atoms with Crippen molar-refractivity contribution in [2.24, 2.45) is 0 Å². The van der Waals surface area contributed by atoms with Crippen LogP contribution in [0.2, 0.25) is 0 Å². The third-order valence-corrected chi connectivity index (χ3v) is 6.24. The van der Waals surface area contributed by atoms with Crippen molar-refractivity contribution < 1.29 is 18.4 Å². The molecule has 0 unspecified atom stereocenters. The van der Waals surface area contributed by atoms with E-state index in [-0.39, 0.29) is 41.6 Å². The molecule has 0 aromatic heterocycles. The lowest BCUT2D eigenvalue weighted by molar-refractivity contribution is -0.129. The molecule has 2 aromatic carbocycles. The first-order valence-corrected chi connectivity index (χ1v) is 11.0. The van der Waals surface area contributed by atoms with Gasteiger partial charge in [0.2, 0.25) is 11.8 Å². The second kappa shape index (κ2) is 10.2. The van der Waals surface area contributed by atoms with Gasteiger partial charge < -0.3 is 16.0 Å². The normalized spacial score (nSPS) is 22.9. The zero-order valence-corrected chi connectivity index (χ0v) is 17.8. The molecule has 170 valence electrons. The van der Waals surface area contributed by atoms with E-state index < -0.39 is 0 Å². The van der Waals surface area contributed by atoms with Crippen LogP contribution in [0.15, 0.2) is 48.5 Å². The Balaban J connectivity index is 1.25. The van der Waals surface area contributed by atoms with Gasteiger partial charge in [0, 0.05) is 44.7 Å². The number of rotatable bonds is 8. The minimum atomic E-state index is -0.301. The van der Waals surface area contributed by atoms with E-state index in [1.165, 1.54) is 24.3 Å². The number of carbonyl (C=O) groups is 2. The molecule has 3 atom stereocenters. The number of hydrogen-bond donors (Lipinski definition) is 3. The van der Waals surface area contributed by atoms with Crippen LogP contribution in [0, 0.1) is 11.6 Å². The van der Waals surface area contributed by atoms with Crippen LogP contribution in [0.3, 0.4) is 0 Å². The Bertz CT molecular complexity index is 936. The first kappa shape index (κ1) is 22.4. The van der Waals surface area contributed by atoms with Crippen LogP contribution in [0.4, 0.5) is 8.78 Å². The van der Waals surface area contributed by atoms with Gasteiger partial charge in [-0.05, 0) is 48.2 Å². The highest BCUT2D eigenvalue weighted by Gasteiger charge is 2.43. The van der Waals surface area contributed by atoms with Crippen LogP contribution in [-0.4, -0.2) is 47.9 Å². The first-order valence-electron chi connectivity index (χ1n) is 11.0.